The maximum Gasteiger partial charge on any atom is 0.144 e. The molecule has 60 valence electrons. The molecule has 0 aliphatic heterocycles. The summed E-state index contributed by atoms with van der Waals surface area (Å²) in [6.45, 7) is 3.90. The molecule has 1 aromatic rings. The van der Waals surface area contributed by atoms with Crippen LogP contribution in [0.15, 0.2) is 15.0 Å². The van der Waals surface area contributed by atoms with E-state index in [1.54, 1.807) is 0 Å². The molecule has 0 aliphatic rings. The highest BCUT2D eigenvalue weighted by Gasteiger charge is 2.08. The molecule has 1 nitrogen and oxygen atoms in total. The van der Waals surface area contributed by atoms with Crippen LogP contribution in [0.1, 0.15) is 11.1 Å². The normalized spacial score (nSPS) is 10.2. The third-order valence-electron chi connectivity index (χ3n) is 1.54. The van der Waals surface area contributed by atoms with E-state index >= 15 is 0 Å². The third-order valence-corrected chi connectivity index (χ3v) is 3.54. The fourth-order valence-corrected chi connectivity index (χ4v) is 1.81. The van der Waals surface area contributed by atoms with E-state index in [0.717, 1.165) is 20.1 Å². The molecule has 0 aliphatic carbocycles. The first-order chi connectivity index (χ1) is 5.04. The minimum Gasteiger partial charge on any atom is -0.506 e. The van der Waals surface area contributed by atoms with Crippen LogP contribution < -0.4 is 0 Å². The van der Waals surface area contributed by atoms with Crippen LogP contribution in [0.5, 0.6) is 5.75 Å². The number of halogens is 2. The van der Waals surface area contributed by atoms with E-state index in [9.17, 15) is 5.11 Å². The van der Waals surface area contributed by atoms with Gasteiger partial charge in [-0.3, -0.25) is 0 Å². The smallest absolute Gasteiger partial charge is 0.144 e. The van der Waals surface area contributed by atoms with Gasteiger partial charge in [-0.15, -0.1) is 0 Å². The molecule has 0 unspecified atom stereocenters. The number of hydrogen-bond donors (Lipinski definition) is 1. The number of hydrogen-bond acceptors (Lipinski definition) is 1. The molecule has 0 spiro atoms. The van der Waals surface area contributed by atoms with E-state index < -0.39 is 0 Å². The number of phenols is 1. The molecule has 0 bridgehead atoms. The molecule has 0 fully saturated rings. The highest BCUT2D eigenvalue weighted by atomic mass is 79.9. The van der Waals surface area contributed by atoms with E-state index in [0.29, 0.717) is 0 Å². The average molecular weight is 280 g/mol. The second-order valence-electron chi connectivity index (χ2n) is 2.49. The summed E-state index contributed by atoms with van der Waals surface area (Å²) in [5, 5.41) is 9.47. The van der Waals surface area contributed by atoms with Crippen LogP contribution in [0.2, 0.25) is 0 Å². The van der Waals surface area contributed by atoms with Crippen molar-refractivity contribution in [1.29, 1.82) is 0 Å². The van der Waals surface area contributed by atoms with Gasteiger partial charge in [0.25, 0.3) is 0 Å². The molecular weight excluding hydrogens is 272 g/mol. The largest absolute Gasteiger partial charge is 0.506 e. The molecule has 0 radical (unpaired) electrons. The highest BCUT2D eigenvalue weighted by Crippen LogP contribution is 2.36. The van der Waals surface area contributed by atoms with E-state index in [4.69, 9.17) is 0 Å². The van der Waals surface area contributed by atoms with Crippen LogP contribution in [-0.4, -0.2) is 5.11 Å². The Morgan fingerprint density at radius 3 is 1.82 bits per heavy atom. The van der Waals surface area contributed by atoms with E-state index in [2.05, 4.69) is 31.9 Å². The lowest BCUT2D eigenvalue weighted by molar-refractivity contribution is 0.467. The van der Waals surface area contributed by atoms with Gasteiger partial charge in [-0.05, 0) is 56.8 Å². The van der Waals surface area contributed by atoms with Crippen LogP contribution in [0.25, 0.3) is 0 Å². The van der Waals surface area contributed by atoms with Gasteiger partial charge in [0.2, 0.25) is 0 Å². The zero-order valence-corrected chi connectivity index (χ0v) is 9.45. The zero-order chi connectivity index (χ0) is 8.59. The molecular formula is C8H8Br2O. The monoisotopic (exact) mass is 278 g/mol. The molecule has 0 heterocycles. The zero-order valence-electron chi connectivity index (χ0n) is 6.28. The predicted octanol–water partition coefficient (Wildman–Crippen LogP) is 3.53. The van der Waals surface area contributed by atoms with Crippen molar-refractivity contribution >= 4 is 31.9 Å². The summed E-state index contributed by atoms with van der Waals surface area (Å²) in [5.74, 6) is 0.280. The predicted molar refractivity (Wildman–Crippen MR) is 53.0 cm³/mol. The van der Waals surface area contributed by atoms with Gasteiger partial charge in [0.05, 0.1) is 8.95 Å². The molecule has 11 heavy (non-hydrogen) atoms. The topological polar surface area (TPSA) is 20.2 Å². The lowest BCUT2D eigenvalue weighted by Gasteiger charge is -2.06. The van der Waals surface area contributed by atoms with Gasteiger partial charge in [-0.25, -0.2) is 0 Å². The Labute approximate surface area is 82.7 Å². The summed E-state index contributed by atoms with van der Waals surface area (Å²) in [4.78, 5) is 0. The van der Waals surface area contributed by atoms with Crippen molar-refractivity contribution in [3.63, 3.8) is 0 Å². The Morgan fingerprint density at radius 2 is 1.45 bits per heavy atom. The second-order valence-corrected chi connectivity index (χ2v) is 4.07. The van der Waals surface area contributed by atoms with Crippen LogP contribution >= 0.6 is 31.9 Å². The molecule has 0 amide bonds. The number of benzene rings is 1. The summed E-state index contributed by atoms with van der Waals surface area (Å²) in [7, 11) is 0. The first-order valence-electron chi connectivity index (χ1n) is 3.18. The molecule has 1 rings (SSSR count). The van der Waals surface area contributed by atoms with Crippen molar-refractivity contribution in [2.45, 2.75) is 13.8 Å². The minimum atomic E-state index is 0.280. The molecule has 0 aromatic heterocycles. The fraction of sp³-hybridized carbons (Fsp3) is 0.250. The third kappa shape index (κ3) is 1.59. The van der Waals surface area contributed by atoms with E-state index in [1.807, 2.05) is 19.9 Å². The Hall–Kier alpha value is -0.0200. The summed E-state index contributed by atoms with van der Waals surface area (Å²) in [5.41, 5.74) is 2.09. The van der Waals surface area contributed by atoms with Gasteiger partial charge in [0, 0.05) is 0 Å². The molecule has 1 N–H and O–H groups in total. The van der Waals surface area contributed by atoms with Crippen molar-refractivity contribution in [2.24, 2.45) is 0 Å². The standard InChI is InChI=1S/C8H8Br2O/c1-4-3-5(2)7(10)8(11)6(4)9/h3,11H,1-2H3. The lowest BCUT2D eigenvalue weighted by Crippen LogP contribution is -1.82. The van der Waals surface area contributed by atoms with E-state index in [1.165, 1.54) is 0 Å². The first kappa shape index (κ1) is 9.07. The quantitative estimate of drug-likeness (QED) is 0.770. The average Bonchev–Trinajstić information content (AvgIpc) is 1.97. The van der Waals surface area contributed by atoms with Crippen LogP contribution in [-0.2, 0) is 0 Å². The van der Waals surface area contributed by atoms with Crippen molar-refractivity contribution in [2.75, 3.05) is 0 Å². The van der Waals surface area contributed by atoms with Gasteiger partial charge in [-0.1, -0.05) is 6.07 Å². The van der Waals surface area contributed by atoms with Gasteiger partial charge in [0.1, 0.15) is 5.75 Å². The maximum absolute atomic E-state index is 9.47. The van der Waals surface area contributed by atoms with Gasteiger partial charge in [-0.2, -0.15) is 0 Å². The van der Waals surface area contributed by atoms with E-state index in [-0.39, 0.29) is 5.75 Å². The Bertz CT molecular complexity index is 268. The van der Waals surface area contributed by atoms with Gasteiger partial charge >= 0.3 is 0 Å². The molecule has 1 aromatic carbocycles. The maximum atomic E-state index is 9.47. The van der Waals surface area contributed by atoms with Crippen molar-refractivity contribution in [1.82, 2.24) is 0 Å². The van der Waals surface area contributed by atoms with Crippen molar-refractivity contribution in [3.05, 3.63) is 26.1 Å². The summed E-state index contributed by atoms with van der Waals surface area (Å²) >= 11 is 6.57. The van der Waals surface area contributed by atoms with Crippen molar-refractivity contribution in [3.8, 4) is 5.75 Å². The molecule has 0 saturated heterocycles. The lowest BCUT2D eigenvalue weighted by atomic mass is 10.1. The summed E-state index contributed by atoms with van der Waals surface area (Å²) in [6, 6.07) is 2.01. The Balaban J connectivity index is 3.46. The molecule has 0 saturated carbocycles. The van der Waals surface area contributed by atoms with Crippen LogP contribution in [0, 0.1) is 13.8 Å². The molecule has 0 atom stereocenters. The number of phenolic OH excluding ortho intramolecular Hbond substituents is 1. The first-order valence-corrected chi connectivity index (χ1v) is 4.76. The van der Waals surface area contributed by atoms with Crippen LogP contribution in [0.4, 0.5) is 0 Å². The highest BCUT2D eigenvalue weighted by molar-refractivity contribution is 9.11. The second kappa shape index (κ2) is 3.15. The summed E-state index contributed by atoms with van der Waals surface area (Å²) in [6.07, 6.45) is 0. The molecule has 3 heteroatoms. The summed E-state index contributed by atoms with van der Waals surface area (Å²) < 4.78 is 1.52. The SMILES string of the molecule is Cc1cc(C)c(Br)c(O)c1Br. The Morgan fingerprint density at radius 1 is 1.09 bits per heavy atom. The van der Waals surface area contributed by atoms with Gasteiger partial charge in [0.15, 0.2) is 0 Å². The number of aromatic hydroxyl groups is 1. The van der Waals surface area contributed by atoms with Crippen molar-refractivity contribution < 1.29 is 5.11 Å². The van der Waals surface area contributed by atoms with Crippen LogP contribution in [0.3, 0.4) is 0 Å². The number of rotatable bonds is 0. The Kier molecular flexibility index (Phi) is 2.60. The number of aryl methyl sites for hydroxylation is 2. The van der Waals surface area contributed by atoms with Gasteiger partial charge < -0.3 is 5.11 Å². The minimum absolute atomic E-state index is 0.280. The fourth-order valence-electron chi connectivity index (χ4n) is 0.921.